The van der Waals surface area contributed by atoms with Gasteiger partial charge in [-0.05, 0) is 67.6 Å². The minimum atomic E-state index is -4.90. The van der Waals surface area contributed by atoms with Gasteiger partial charge >= 0.3 is 6.18 Å². The number of alkyl halides is 5. The van der Waals surface area contributed by atoms with Crippen LogP contribution >= 0.6 is 11.6 Å². The van der Waals surface area contributed by atoms with Crippen molar-refractivity contribution in [3.8, 4) is 0 Å². The molecule has 0 unspecified atom stereocenters. The smallest absolute Gasteiger partial charge is 0.379 e. The highest BCUT2D eigenvalue weighted by molar-refractivity contribution is 6.30. The molecule has 200 valence electrons. The molecule has 4 rings (SSSR count). The van der Waals surface area contributed by atoms with E-state index in [1.807, 2.05) is 0 Å². The van der Waals surface area contributed by atoms with Gasteiger partial charge in [0.15, 0.2) is 5.60 Å². The molecule has 1 aliphatic heterocycles. The predicted octanol–water partition coefficient (Wildman–Crippen LogP) is 6.64. The number of anilines is 2. The topological polar surface area (TPSA) is 69.6 Å². The average molecular weight is 557 g/mol. The quantitative estimate of drug-likeness (QED) is 0.355. The molecule has 1 heterocycles. The zero-order valence-electron chi connectivity index (χ0n) is 19.5. The molecule has 1 aliphatic rings. The molecule has 3 aromatic carbocycles. The Kier molecular flexibility index (Phi) is 6.96. The SMILES string of the molecule is C[C@@]1(O)c2cc(Cl)ccc2N(C(=O)c2ccc(NC(=O)c3cc(F)ccc3C(F)(F)F)cc2)CCC1(F)F. The monoisotopic (exact) mass is 556 g/mol. The Morgan fingerprint density at radius 1 is 1.03 bits per heavy atom. The lowest BCUT2D eigenvalue weighted by atomic mass is 9.87. The highest BCUT2D eigenvalue weighted by atomic mass is 35.5. The number of amides is 2. The van der Waals surface area contributed by atoms with Crippen LogP contribution in [0.2, 0.25) is 5.02 Å². The summed E-state index contributed by atoms with van der Waals surface area (Å²) in [5.41, 5.74) is -5.05. The summed E-state index contributed by atoms with van der Waals surface area (Å²) in [6.07, 6.45) is -5.74. The summed E-state index contributed by atoms with van der Waals surface area (Å²) in [5.74, 6) is -6.54. The Balaban J connectivity index is 1.61. The number of carbonyl (C=O) groups excluding carboxylic acids is 2. The number of nitrogens with one attached hydrogen (secondary N) is 1. The normalized spacial score (nSPS) is 18.9. The summed E-state index contributed by atoms with van der Waals surface area (Å²) in [7, 11) is 0. The molecule has 3 aromatic rings. The van der Waals surface area contributed by atoms with E-state index in [0.29, 0.717) is 18.2 Å². The Bertz CT molecular complexity index is 1410. The number of hydrogen-bond acceptors (Lipinski definition) is 3. The van der Waals surface area contributed by atoms with Crippen LogP contribution in [0.5, 0.6) is 0 Å². The second-order valence-electron chi connectivity index (χ2n) is 8.86. The first-order valence-electron chi connectivity index (χ1n) is 11.1. The van der Waals surface area contributed by atoms with Crippen molar-refractivity contribution in [2.24, 2.45) is 0 Å². The van der Waals surface area contributed by atoms with Crippen LogP contribution in [0, 0.1) is 5.82 Å². The fourth-order valence-electron chi connectivity index (χ4n) is 4.16. The van der Waals surface area contributed by atoms with Gasteiger partial charge in [0.25, 0.3) is 17.7 Å². The van der Waals surface area contributed by atoms with E-state index < -0.39 is 59.4 Å². The van der Waals surface area contributed by atoms with Crippen LogP contribution < -0.4 is 10.2 Å². The maximum Gasteiger partial charge on any atom is 0.417 e. The number of carbonyl (C=O) groups is 2. The minimum Gasteiger partial charge on any atom is -0.379 e. The maximum absolute atomic E-state index is 14.8. The maximum atomic E-state index is 14.8. The van der Waals surface area contributed by atoms with Crippen LogP contribution in [0.25, 0.3) is 0 Å². The van der Waals surface area contributed by atoms with Crippen molar-refractivity contribution >= 4 is 34.8 Å². The van der Waals surface area contributed by atoms with Crippen LogP contribution in [0.4, 0.5) is 37.7 Å². The van der Waals surface area contributed by atoms with E-state index in [4.69, 9.17) is 11.6 Å². The lowest BCUT2D eigenvalue weighted by molar-refractivity contribution is -0.177. The molecule has 0 aliphatic carbocycles. The van der Waals surface area contributed by atoms with E-state index in [0.717, 1.165) is 17.9 Å². The largest absolute Gasteiger partial charge is 0.417 e. The highest BCUT2D eigenvalue weighted by Gasteiger charge is 2.53. The Morgan fingerprint density at radius 2 is 1.68 bits per heavy atom. The van der Waals surface area contributed by atoms with Crippen LogP contribution in [0.15, 0.2) is 60.7 Å². The molecule has 2 N–H and O–H groups in total. The predicted molar refractivity (Wildman–Crippen MR) is 128 cm³/mol. The molecule has 2 amide bonds. The van der Waals surface area contributed by atoms with Gasteiger partial charge < -0.3 is 15.3 Å². The molecule has 38 heavy (non-hydrogen) atoms. The van der Waals surface area contributed by atoms with Crippen molar-refractivity contribution in [2.45, 2.75) is 31.0 Å². The van der Waals surface area contributed by atoms with Gasteiger partial charge in [-0.1, -0.05) is 11.6 Å². The lowest BCUT2D eigenvalue weighted by Gasteiger charge is -2.32. The second kappa shape index (κ2) is 9.63. The molecule has 0 fully saturated rings. The van der Waals surface area contributed by atoms with Gasteiger partial charge in [0.1, 0.15) is 5.82 Å². The molecule has 12 heteroatoms. The molecule has 0 bridgehead atoms. The molecule has 0 saturated carbocycles. The number of hydrogen-bond donors (Lipinski definition) is 2. The molecule has 0 spiro atoms. The molecular weight excluding hydrogens is 538 g/mol. The van der Waals surface area contributed by atoms with Crippen LogP contribution in [0.1, 0.15) is 45.2 Å². The summed E-state index contributed by atoms with van der Waals surface area (Å²) in [5, 5.41) is 13.0. The zero-order chi connectivity index (χ0) is 28.0. The van der Waals surface area contributed by atoms with Gasteiger partial charge in [-0.3, -0.25) is 9.59 Å². The first kappa shape index (κ1) is 27.5. The van der Waals surface area contributed by atoms with Crippen molar-refractivity contribution in [3.63, 3.8) is 0 Å². The number of halogens is 7. The Morgan fingerprint density at radius 3 is 2.32 bits per heavy atom. The fraction of sp³-hybridized carbons (Fsp3) is 0.231. The summed E-state index contributed by atoms with van der Waals surface area (Å²) in [6.45, 7) is 0.505. The first-order valence-corrected chi connectivity index (χ1v) is 11.5. The molecule has 0 radical (unpaired) electrons. The van der Waals surface area contributed by atoms with E-state index in [2.05, 4.69) is 5.32 Å². The van der Waals surface area contributed by atoms with Gasteiger partial charge in [0, 0.05) is 34.8 Å². The molecule has 1 atom stereocenters. The van der Waals surface area contributed by atoms with Gasteiger partial charge in [-0.2, -0.15) is 13.2 Å². The van der Waals surface area contributed by atoms with Gasteiger partial charge in [0.2, 0.25) is 0 Å². The molecule has 0 saturated heterocycles. The first-order chi connectivity index (χ1) is 17.6. The summed E-state index contributed by atoms with van der Waals surface area (Å²) < 4.78 is 82.8. The lowest BCUT2D eigenvalue weighted by Crippen LogP contribution is -2.42. The number of nitrogens with zero attached hydrogens (tertiary/aromatic N) is 1. The van der Waals surface area contributed by atoms with Crippen LogP contribution in [0.3, 0.4) is 0 Å². The van der Waals surface area contributed by atoms with E-state index in [-0.39, 0.29) is 27.5 Å². The third-order valence-electron chi connectivity index (χ3n) is 6.30. The van der Waals surface area contributed by atoms with Crippen LogP contribution in [-0.2, 0) is 11.8 Å². The van der Waals surface area contributed by atoms with E-state index >= 15 is 0 Å². The third-order valence-corrected chi connectivity index (χ3v) is 6.54. The average Bonchev–Trinajstić information content (AvgIpc) is 2.90. The highest BCUT2D eigenvalue weighted by Crippen LogP contribution is 2.47. The van der Waals surface area contributed by atoms with Crippen molar-refractivity contribution in [2.75, 3.05) is 16.8 Å². The van der Waals surface area contributed by atoms with Gasteiger partial charge in [0.05, 0.1) is 16.8 Å². The molecule has 5 nitrogen and oxygen atoms in total. The Hall–Kier alpha value is -3.57. The number of aliphatic hydroxyl groups is 1. The summed E-state index contributed by atoms with van der Waals surface area (Å²) in [6, 6.07) is 10.3. The standard InChI is InChI=1S/C26H19ClF6N2O3/c1-24(38)20-12-15(27)4-9-21(20)35(11-10-25(24,29)30)23(37)14-2-6-17(7-3-14)34-22(36)18-13-16(28)5-8-19(18)26(31,32)33/h2-9,12-13,38H,10-11H2,1H3,(H,34,36)/t24-/m1/s1. The van der Waals surface area contributed by atoms with Gasteiger partial charge in [-0.25, -0.2) is 13.2 Å². The van der Waals surface area contributed by atoms with E-state index in [1.165, 1.54) is 36.4 Å². The summed E-state index contributed by atoms with van der Waals surface area (Å²) >= 11 is 5.96. The van der Waals surface area contributed by atoms with Gasteiger partial charge in [-0.15, -0.1) is 0 Å². The van der Waals surface area contributed by atoms with E-state index in [1.54, 1.807) is 0 Å². The van der Waals surface area contributed by atoms with E-state index in [9.17, 15) is 41.0 Å². The number of rotatable bonds is 3. The van der Waals surface area contributed by atoms with Crippen LogP contribution in [-0.4, -0.2) is 29.4 Å². The fourth-order valence-corrected chi connectivity index (χ4v) is 4.33. The zero-order valence-corrected chi connectivity index (χ0v) is 20.3. The van der Waals surface area contributed by atoms with Crippen molar-refractivity contribution in [3.05, 3.63) is 93.8 Å². The van der Waals surface area contributed by atoms with Crippen molar-refractivity contribution in [1.29, 1.82) is 0 Å². The summed E-state index contributed by atoms with van der Waals surface area (Å²) in [4.78, 5) is 26.8. The number of benzene rings is 3. The Labute approximate surface area is 217 Å². The number of fused-ring (bicyclic) bond motifs is 1. The third kappa shape index (κ3) is 5.08. The van der Waals surface area contributed by atoms with Crippen molar-refractivity contribution in [1.82, 2.24) is 0 Å². The second-order valence-corrected chi connectivity index (χ2v) is 9.30. The molecule has 0 aromatic heterocycles. The molecular formula is C26H19ClF6N2O3. The van der Waals surface area contributed by atoms with Crippen molar-refractivity contribution < 1.29 is 41.0 Å². The minimum absolute atomic E-state index is 0.00134.